The lowest BCUT2D eigenvalue weighted by Gasteiger charge is -2.27. The average molecular weight is 397 g/mol. The van der Waals surface area contributed by atoms with Crippen molar-refractivity contribution < 1.29 is 37.3 Å². The molecule has 0 saturated heterocycles. The zero-order valence-corrected chi connectivity index (χ0v) is 14.8. The smallest absolute Gasteiger partial charge is 0.481 e. The van der Waals surface area contributed by atoms with Crippen molar-refractivity contribution in [2.75, 3.05) is 7.05 Å². The van der Waals surface area contributed by atoms with Gasteiger partial charge in [0.05, 0.1) is 12.5 Å². The largest absolute Gasteiger partial charge is 0.573 e. The molecule has 0 fully saturated rings. The Kier molecular flexibility index (Phi) is 6.86. The van der Waals surface area contributed by atoms with Crippen LogP contribution in [0.4, 0.5) is 18.0 Å². The van der Waals surface area contributed by atoms with E-state index in [4.69, 9.17) is 9.84 Å². The number of carboxylic acid groups (broad SMARTS) is 1. The van der Waals surface area contributed by atoms with Crippen LogP contribution in [-0.2, 0) is 16.1 Å². The number of ether oxygens (including phenoxy) is 2. The number of aliphatic carboxylic acids is 1. The van der Waals surface area contributed by atoms with Crippen molar-refractivity contribution >= 4 is 12.1 Å². The van der Waals surface area contributed by atoms with Gasteiger partial charge in [-0.3, -0.25) is 4.79 Å². The Hall–Kier alpha value is -3.23. The number of hydrogen-bond acceptors (Lipinski definition) is 4. The van der Waals surface area contributed by atoms with Crippen molar-refractivity contribution in [3.8, 4) is 5.75 Å². The highest BCUT2D eigenvalue weighted by Gasteiger charge is 2.32. The Bertz CT molecular complexity index is 811. The normalized spacial score (nSPS) is 12.1. The van der Waals surface area contributed by atoms with Gasteiger partial charge in [-0.15, -0.1) is 13.2 Å². The monoisotopic (exact) mass is 397 g/mol. The summed E-state index contributed by atoms with van der Waals surface area (Å²) in [6, 6.07) is 12.6. The summed E-state index contributed by atoms with van der Waals surface area (Å²) >= 11 is 0. The van der Waals surface area contributed by atoms with Crippen LogP contribution in [0, 0.1) is 0 Å². The maximum absolute atomic E-state index is 12.4. The summed E-state index contributed by atoms with van der Waals surface area (Å²) < 4.78 is 46.3. The summed E-state index contributed by atoms with van der Waals surface area (Å²) in [5.41, 5.74) is 0.905. The van der Waals surface area contributed by atoms with E-state index in [0.29, 0.717) is 0 Å². The van der Waals surface area contributed by atoms with E-state index >= 15 is 0 Å². The van der Waals surface area contributed by atoms with Crippen LogP contribution >= 0.6 is 0 Å². The van der Waals surface area contributed by atoms with Crippen LogP contribution in [0.15, 0.2) is 54.6 Å². The molecule has 9 heteroatoms. The third-order valence-corrected chi connectivity index (χ3v) is 3.81. The minimum atomic E-state index is -4.89. The second-order valence-electron chi connectivity index (χ2n) is 5.89. The molecule has 0 spiro atoms. The van der Waals surface area contributed by atoms with Crippen molar-refractivity contribution in [1.82, 2.24) is 4.90 Å². The summed E-state index contributed by atoms with van der Waals surface area (Å²) in [7, 11) is 1.32. The topological polar surface area (TPSA) is 76.1 Å². The first kappa shape index (κ1) is 21.1. The molecule has 0 heterocycles. The number of rotatable bonds is 7. The molecule has 2 rings (SSSR count). The minimum Gasteiger partial charge on any atom is -0.481 e. The third kappa shape index (κ3) is 6.49. The van der Waals surface area contributed by atoms with Crippen LogP contribution in [-0.4, -0.2) is 35.5 Å². The van der Waals surface area contributed by atoms with E-state index in [-0.39, 0.29) is 12.2 Å². The van der Waals surface area contributed by atoms with E-state index in [1.54, 1.807) is 30.3 Å². The van der Waals surface area contributed by atoms with Crippen LogP contribution in [0.3, 0.4) is 0 Å². The Morgan fingerprint density at radius 1 is 1.11 bits per heavy atom. The fourth-order valence-corrected chi connectivity index (χ4v) is 2.51. The van der Waals surface area contributed by atoms with E-state index in [1.165, 1.54) is 19.2 Å². The Balaban J connectivity index is 2.16. The van der Waals surface area contributed by atoms with Gasteiger partial charge in [-0.25, -0.2) is 4.79 Å². The van der Waals surface area contributed by atoms with E-state index in [0.717, 1.165) is 22.6 Å². The summed E-state index contributed by atoms with van der Waals surface area (Å²) in [5, 5.41) is 9.15. The zero-order valence-electron chi connectivity index (χ0n) is 14.8. The molecular weight excluding hydrogens is 379 g/mol. The van der Waals surface area contributed by atoms with Crippen LogP contribution < -0.4 is 4.74 Å². The van der Waals surface area contributed by atoms with Gasteiger partial charge in [0.25, 0.3) is 0 Å². The quantitative estimate of drug-likeness (QED) is 0.751. The van der Waals surface area contributed by atoms with Gasteiger partial charge in [0, 0.05) is 7.05 Å². The predicted molar refractivity (Wildman–Crippen MR) is 92.5 cm³/mol. The Morgan fingerprint density at radius 2 is 1.79 bits per heavy atom. The van der Waals surface area contributed by atoms with Gasteiger partial charge in [-0.1, -0.05) is 42.5 Å². The highest BCUT2D eigenvalue weighted by atomic mass is 19.4. The molecule has 0 aliphatic rings. The fraction of sp³-hybridized carbons (Fsp3) is 0.263. The number of alkyl halides is 3. The molecule has 0 aromatic heterocycles. The lowest BCUT2D eigenvalue weighted by Crippen LogP contribution is -2.33. The van der Waals surface area contributed by atoms with Gasteiger partial charge in [0.2, 0.25) is 0 Å². The highest BCUT2D eigenvalue weighted by Crippen LogP contribution is 2.29. The number of carbonyl (C=O) groups is 2. The molecule has 6 nitrogen and oxygen atoms in total. The summed E-state index contributed by atoms with van der Waals surface area (Å²) in [4.78, 5) is 24.6. The van der Waals surface area contributed by atoms with Gasteiger partial charge in [-0.2, -0.15) is 0 Å². The molecule has 0 aliphatic heterocycles. The van der Waals surface area contributed by atoms with Gasteiger partial charge in [-0.05, 0) is 23.3 Å². The molecule has 0 saturated carbocycles. The Morgan fingerprint density at radius 3 is 2.39 bits per heavy atom. The number of halogens is 3. The first-order valence-corrected chi connectivity index (χ1v) is 8.16. The van der Waals surface area contributed by atoms with Gasteiger partial charge in [0.15, 0.2) is 0 Å². The first-order valence-electron chi connectivity index (χ1n) is 8.16. The number of carbonyl (C=O) groups excluding carboxylic acids is 1. The van der Waals surface area contributed by atoms with Gasteiger partial charge in [0.1, 0.15) is 12.4 Å². The maximum Gasteiger partial charge on any atom is 0.573 e. The molecule has 0 aliphatic carbocycles. The standard InChI is InChI=1S/C19H18F3NO5/c1-23(18(26)27-12-13-6-3-2-4-7-13)16(11-17(24)25)14-8-5-9-15(10-14)28-19(20,21)22/h2-10,16H,11-12H2,1H3,(H,24,25). The molecule has 1 amide bonds. The van der Waals surface area contributed by atoms with E-state index < -0.39 is 36.6 Å². The van der Waals surface area contributed by atoms with Gasteiger partial charge < -0.3 is 19.5 Å². The lowest BCUT2D eigenvalue weighted by atomic mass is 10.0. The van der Waals surface area contributed by atoms with Crippen LogP contribution in [0.1, 0.15) is 23.6 Å². The van der Waals surface area contributed by atoms with Crippen molar-refractivity contribution in [2.45, 2.75) is 25.4 Å². The van der Waals surface area contributed by atoms with Crippen molar-refractivity contribution in [3.63, 3.8) is 0 Å². The lowest BCUT2D eigenvalue weighted by molar-refractivity contribution is -0.274. The van der Waals surface area contributed by atoms with E-state index in [2.05, 4.69) is 4.74 Å². The summed E-state index contributed by atoms with van der Waals surface area (Å²) in [6.45, 7) is -0.0268. The zero-order chi connectivity index (χ0) is 20.7. The third-order valence-electron chi connectivity index (χ3n) is 3.81. The van der Waals surface area contributed by atoms with Crippen LogP contribution in [0.25, 0.3) is 0 Å². The molecule has 0 radical (unpaired) electrons. The molecular formula is C19H18F3NO5. The second kappa shape index (κ2) is 9.12. The molecule has 1 atom stereocenters. The van der Waals surface area contributed by atoms with Crippen molar-refractivity contribution in [1.29, 1.82) is 0 Å². The number of nitrogens with zero attached hydrogens (tertiary/aromatic N) is 1. The van der Waals surface area contributed by atoms with Crippen molar-refractivity contribution in [2.24, 2.45) is 0 Å². The highest BCUT2D eigenvalue weighted by molar-refractivity contribution is 5.72. The molecule has 150 valence electrons. The number of amides is 1. The Labute approximate surface area is 159 Å². The molecule has 0 bridgehead atoms. The van der Waals surface area contributed by atoms with Crippen LogP contribution in [0.5, 0.6) is 5.75 Å². The summed E-state index contributed by atoms with van der Waals surface area (Å²) in [5.74, 6) is -1.73. The number of hydrogen-bond donors (Lipinski definition) is 1. The molecule has 2 aromatic rings. The van der Waals surface area contributed by atoms with Gasteiger partial charge >= 0.3 is 18.4 Å². The van der Waals surface area contributed by atoms with E-state index in [1.807, 2.05) is 0 Å². The fourth-order valence-electron chi connectivity index (χ4n) is 2.51. The second-order valence-corrected chi connectivity index (χ2v) is 5.89. The SMILES string of the molecule is CN(C(=O)OCc1ccccc1)C(CC(=O)O)c1cccc(OC(F)(F)F)c1. The molecule has 1 N–H and O–H groups in total. The average Bonchev–Trinajstić information content (AvgIpc) is 2.63. The number of benzene rings is 2. The molecule has 2 aromatic carbocycles. The maximum atomic E-state index is 12.4. The summed E-state index contributed by atoms with van der Waals surface area (Å²) in [6.07, 6.45) is -6.22. The first-order chi connectivity index (χ1) is 13.2. The van der Waals surface area contributed by atoms with E-state index in [9.17, 15) is 22.8 Å². The number of carboxylic acids is 1. The molecule has 1 unspecified atom stereocenters. The predicted octanol–water partition coefficient (Wildman–Crippen LogP) is 4.37. The minimum absolute atomic E-state index is 0.0268. The molecule has 28 heavy (non-hydrogen) atoms. The van der Waals surface area contributed by atoms with Crippen LogP contribution in [0.2, 0.25) is 0 Å². The van der Waals surface area contributed by atoms with Crippen molar-refractivity contribution in [3.05, 3.63) is 65.7 Å².